The number of fused-ring (bicyclic) bond motifs is 2. The average molecular weight is 482 g/mol. The van der Waals surface area contributed by atoms with Crippen molar-refractivity contribution in [2.24, 2.45) is 0 Å². The number of hydrogen-bond donors (Lipinski definition) is 1. The Balaban J connectivity index is 1.45. The van der Waals surface area contributed by atoms with Gasteiger partial charge < -0.3 is 15.0 Å². The topological polar surface area (TPSA) is 80.6 Å². The molecule has 0 unspecified atom stereocenters. The van der Waals surface area contributed by atoms with Gasteiger partial charge in [-0.3, -0.25) is 19.0 Å². The van der Waals surface area contributed by atoms with Crippen LogP contribution in [-0.4, -0.2) is 34.9 Å². The summed E-state index contributed by atoms with van der Waals surface area (Å²) in [5.74, 6) is -0.00743. The van der Waals surface area contributed by atoms with E-state index in [2.05, 4.69) is 11.4 Å². The van der Waals surface area contributed by atoms with Crippen molar-refractivity contribution in [3.63, 3.8) is 0 Å². The molecule has 7 nitrogen and oxygen atoms in total. The molecule has 5 rings (SSSR count). The maximum atomic E-state index is 13.5. The first-order valence-electron chi connectivity index (χ1n) is 11.9. The molecule has 0 saturated heterocycles. The summed E-state index contributed by atoms with van der Waals surface area (Å²) >= 11 is 0. The molecule has 1 aliphatic heterocycles. The number of ether oxygens (including phenoxy) is 1. The van der Waals surface area contributed by atoms with Crippen molar-refractivity contribution in [1.29, 1.82) is 0 Å². The highest BCUT2D eigenvalue weighted by Gasteiger charge is 2.24. The molecular formula is C29H27N3O4. The second-order valence-corrected chi connectivity index (χ2v) is 9.00. The first-order valence-corrected chi connectivity index (χ1v) is 11.9. The molecule has 4 aromatic rings. The van der Waals surface area contributed by atoms with Crippen LogP contribution in [0.15, 0.2) is 77.6 Å². The summed E-state index contributed by atoms with van der Waals surface area (Å²) in [5.41, 5.74) is 4.37. The maximum Gasteiger partial charge on any atom is 0.255 e. The minimum absolute atomic E-state index is 0.182. The molecule has 7 heteroatoms. The molecule has 1 aromatic heterocycles. The Bertz CT molecular complexity index is 1540. The van der Waals surface area contributed by atoms with Crippen molar-refractivity contribution >= 4 is 28.4 Å². The lowest BCUT2D eigenvalue weighted by Crippen LogP contribution is -2.37. The van der Waals surface area contributed by atoms with E-state index in [1.807, 2.05) is 49.4 Å². The number of aryl methyl sites for hydroxylation is 1. The molecule has 182 valence electrons. The summed E-state index contributed by atoms with van der Waals surface area (Å²) in [6.07, 6.45) is 0.777. The Morgan fingerprint density at radius 3 is 2.53 bits per heavy atom. The Labute approximate surface area is 208 Å². The van der Waals surface area contributed by atoms with E-state index < -0.39 is 5.56 Å². The highest BCUT2D eigenvalue weighted by atomic mass is 16.5. The van der Waals surface area contributed by atoms with Gasteiger partial charge in [0.2, 0.25) is 5.91 Å². The van der Waals surface area contributed by atoms with Crippen LogP contribution in [-0.2, 0) is 24.3 Å². The van der Waals surface area contributed by atoms with E-state index >= 15 is 0 Å². The monoisotopic (exact) mass is 481 g/mol. The SMILES string of the molecule is COc1ccc(C)cc1NC(=O)Cn1c(=O)cc(C(=O)N2CCc3ccccc3C2)c2ccccc21. The minimum Gasteiger partial charge on any atom is -0.495 e. The van der Waals surface area contributed by atoms with Crippen LogP contribution >= 0.6 is 0 Å². The van der Waals surface area contributed by atoms with Crippen LogP contribution in [0.3, 0.4) is 0 Å². The average Bonchev–Trinajstić information content (AvgIpc) is 2.89. The van der Waals surface area contributed by atoms with Gasteiger partial charge in [0.05, 0.1) is 23.9 Å². The van der Waals surface area contributed by atoms with Gasteiger partial charge in [-0.15, -0.1) is 0 Å². The number of aromatic nitrogens is 1. The Morgan fingerprint density at radius 1 is 0.972 bits per heavy atom. The van der Waals surface area contributed by atoms with Gasteiger partial charge in [0, 0.05) is 24.5 Å². The van der Waals surface area contributed by atoms with Gasteiger partial charge in [0.15, 0.2) is 0 Å². The van der Waals surface area contributed by atoms with Gasteiger partial charge in [-0.25, -0.2) is 0 Å². The molecule has 0 spiro atoms. The number of nitrogens with zero attached hydrogens (tertiary/aromatic N) is 2. The van der Waals surface area contributed by atoms with Crippen molar-refractivity contribution in [3.05, 3.63) is 105 Å². The lowest BCUT2D eigenvalue weighted by Gasteiger charge is -2.29. The largest absolute Gasteiger partial charge is 0.495 e. The number of rotatable bonds is 5. The second-order valence-electron chi connectivity index (χ2n) is 9.00. The molecule has 0 saturated carbocycles. The number of methoxy groups -OCH3 is 1. The van der Waals surface area contributed by atoms with Crippen LogP contribution < -0.4 is 15.6 Å². The summed E-state index contributed by atoms with van der Waals surface area (Å²) in [7, 11) is 1.54. The number of pyridine rings is 1. The molecule has 1 aliphatic rings. The van der Waals surface area contributed by atoms with E-state index in [9.17, 15) is 14.4 Å². The quantitative estimate of drug-likeness (QED) is 0.464. The third-order valence-corrected chi connectivity index (χ3v) is 6.60. The zero-order valence-corrected chi connectivity index (χ0v) is 20.3. The summed E-state index contributed by atoms with van der Waals surface area (Å²) in [6.45, 7) is 2.83. The van der Waals surface area contributed by atoms with Gasteiger partial charge in [-0.05, 0) is 48.2 Å². The van der Waals surface area contributed by atoms with Gasteiger partial charge in [0.1, 0.15) is 12.3 Å². The molecule has 0 atom stereocenters. The van der Waals surface area contributed by atoms with Crippen LogP contribution in [0.4, 0.5) is 5.69 Å². The molecule has 0 radical (unpaired) electrons. The Morgan fingerprint density at radius 2 is 1.72 bits per heavy atom. The fourth-order valence-electron chi connectivity index (χ4n) is 4.77. The summed E-state index contributed by atoms with van der Waals surface area (Å²) in [5, 5.41) is 3.48. The summed E-state index contributed by atoms with van der Waals surface area (Å²) in [6, 6.07) is 22.2. The molecule has 0 aliphatic carbocycles. The second kappa shape index (κ2) is 9.70. The number of carbonyl (C=O) groups is 2. The molecule has 3 aromatic carbocycles. The maximum absolute atomic E-state index is 13.5. The normalized spacial score (nSPS) is 12.8. The third kappa shape index (κ3) is 4.47. The lowest BCUT2D eigenvalue weighted by molar-refractivity contribution is -0.116. The third-order valence-electron chi connectivity index (χ3n) is 6.60. The molecule has 2 heterocycles. The van der Waals surface area contributed by atoms with Crippen molar-refractivity contribution in [3.8, 4) is 5.75 Å². The van der Waals surface area contributed by atoms with E-state index in [4.69, 9.17) is 4.74 Å². The number of nitrogens with one attached hydrogen (secondary N) is 1. The van der Waals surface area contributed by atoms with Crippen LogP contribution in [0.2, 0.25) is 0 Å². The van der Waals surface area contributed by atoms with Gasteiger partial charge >= 0.3 is 0 Å². The van der Waals surface area contributed by atoms with Crippen LogP contribution in [0.5, 0.6) is 5.75 Å². The summed E-state index contributed by atoms with van der Waals surface area (Å²) in [4.78, 5) is 41.5. The van der Waals surface area contributed by atoms with E-state index in [0.717, 1.165) is 17.5 Å². The number of amides is 2. The predicted molar refractivity (Wildman–Crippen MR) is 139 cm³/mol. The van der Waals surface area contributed by atoms with E-state index in [0.29, 0.717) is 41.0 Å². The van der Waals surface area contributed by atoms with E-state index in [-0.39, 0.29) is 18.4 Å². The first kappa shape index (κ1) is 23.4. The minimum atomic E-state index is -0.402. The number of para-hydroxylation sites is 1. The zero-order chi connectivity index (χ0) is 25.2. The van der Waals surface area contributed by atoms with E-state index in [1.54, 1.807) is 23.1 Å². The molecule has 1 N–H and O–H groups in total. The first-order chi connectivity index (χ1) is 17.4. The van der Waals surface area contributed by atoms with E-state index in [1.165, 1.54) is 23.3 Å². The van der Waals surface area contributed by atoms with Crippen molar-refractivity contribution in [2.45, 2.75) is 26.4 Å². The molecular weight excluding hydrogens is 454 g/mol. The molecule has 2 amide bonds. The highest BCUT2D eigenvalue weighted by Crippen LogP contribution is 2.26. The van der Waals surface area contributed by atoms with Crippen LogP contribution in [0.1, 0.15) is 27.0 Å². The molecule has 0 bridgehead atoms. The summed E-state index contributed by atoms with van der Waals surface area (Å²) < 4.78 is 6.74. The van der Waals surface area contributed by atoms with Crippen molar-refractivity contribution in [2.75, 3.05) is 19.0 Å². The van der Waals surface area contributed by atoms with Crippen molar-refractivity contribution in [1.82, 2.24) is 9.47 Å². The Hall–Kier alpha value is -4.39. The fraction of sp³-hybridized carbons (Fsp3) is 0.207. The number of anilines is 1. The number of hydrogen-bond acceptors (Lipinski definition) is 4. The van der Waals surface area contributed by atoms with Gasteiger partial charge in [0.25, 0.3) is 11.5 Å². The smallest absolute Gasteiger partial charge is 0.255 e. The number of carbonyl (C=O) groups excluding carboxylic acids is 2. The zero-order valence-electron chi connectivity index (χ0n) is 20.3. The number of benzene rings is 3. The fourth-order valence-corrected chi connectivity index (χ4v) is 4.77. The predicted octanol–water partition coefficient (Wildman–Crippen LogP) is 4.16. The van der Waals surface area contributed by atoms with Gasteiger partial charge in [-0.2, -0.15) is 0 Å². The molecule has 0 fully saturated rings. The lowest BCUT2D eigenvalue weighted by atomic mass is 9.98. The standard InChI is InChI=1S/C29H27N3O4/c1-19-11-12-26(36-2)24(15-19)30-27(33)18-32-25-10-6-5-9-22(25)23(16-28(32)34)29(35)31-14-13-20-7-3-4-8-21(20)17-31/h3-12,15-16H,13-14,17-18H2,1-2H3,(H,30,33). The van der Waals surface area contributed by atoms with Crippen LogP contribution in [0.25, 0.3) is 10.9 Å². The van der Waals surface area contributed by atoms with Gasteiger partial charge in [-0.1, -0.05) is 48.5 Å². The molecule has 36 heavy (non-hydrogen) atoms. The Kier molecular flexibility index (Phi) is 6.29. The highest BCUT2D eigenvalue weighted by molar-refractivity contribution is 6.06. The van der Waals surface area contributed by atoms with Crippen LogP contribution in [0, 0.1) is 6.92 Å². The van der Waals surface area contributed by atoms with Crippen molar-refractivity contribution < 1.29 is 14.3 Å².